The molecule has 1 amide bonds. The molecule has 0 saturated carbocycles. The average Bonchev–Trinajstić information content (AvgIpc) is 3.32. The number of hydrogen-bond donors (Lipinski definition) is 0. The van der Waals surface area contributed by atoms with Crippen molar-refractivity contribution in [3.63, 3.8) is 0 Å². The lowest BCUT2D eigenvalue weighted by atomic mass is 10.2. The van der Waals surface area contributed by atoms with Crippen molar-refractivity contribution in [1.29, 1.82) is 0 Å². The van der Waals surface area contributed by atoms with E-state index in [4.69, 9.17) is 17.2 Å². The molecule has 0 aliphatic carbocycles. The van der Waals surface area contributed by atoms with Gasteiger partial charge in [0, 0.05) is 32.4 Å². The van der Waals surface area contributed by atoms with Gasteiger partial charge in [-0.2, -0.15) is 0 Å². The number of likely N-dealkylation sites (N-methyl/N-ethyl adjacent to an activating group) is 1. The summed E-state index contributed by atoms with van der Waals surface area (Å²) in [5, 5.41) is 0. The molecule has 180 valence electrons. The molecule has 1 atom stereocenters. The first-order valence-corrected chi connectivity index (χ1v) is 14.3. The molecule has 2 aromatic rings. The molecule has 34 heavy (non-hydrogen) atoms. The van der Waals surface area contributed by atoms with Crippen molar-refractivity contribution >= 4 is 61.6 Å². The standard InChI is InChI=1S/C22H25N5O4S3/c1-2-24-8-10-25(11-9-24)19-16(20(28)26-7-4-3-5-18(26)23-19)13-17-21(29)27(22(32)33-17)15-6-12-34(30,31)14-15/h3-5,7,13,15H,2,6,8-12,14H2,1H3. The number of anilines is 1. The Balaban J connectivity index is 1.55. The van der Waals surface area contributed by atoms with E-state index in [1.54, 1.807) is 24.4 Å². The molecule has 0 bridgehead atoms. The summed E-state index contributed by atoms with van der Waals surface area (Å²) in [7, 11) is -3.17. The minimum atomic E-state index is -3.17. The fraction of sp³-hybridized carbons (Fsp3) is 0.455. The first-order chi connectivity index (χ1) is 16.3. The smallest absolute Gasteiger partial charge is 0.267 e. The SMILES string of the molecule is CCN1CCN(c2nc3ccccn3c(=O)c2C=C2SC(=S)N(C3CCS(=O)(=O)C3)C2=O)CC1. The number of piperazine rings is 1. The number of amides is 1. The Bertz CT molecular complexity index is 1360. The van der Waals surface area contributed by atoms with E-state index in [0.717, 1.165) is 44.5 Å². The molecule has 3 saturated heterocycles. The van der Waals surface area contributed by atoms with E-state index in [1.165, 1.54) is 9.30 Å². The van der Waals surface area contributed by atoms with Crippen LogP contribution in [0.1, 0.15) is 18.9 Å². The molecule has 3 aliphatic rings. The molecule has 5 heterocycles. The maximum Gasteiger partial charge on any atom is 0.267 e. The van der Waals surface area contributed by atoms with E-state index in [0.29, 0.717) is 32.7 Å². The molecule has 5 rings (SSSR count). The van der Waals surface area contributed by atoms with Gasteiger partial charge in [-0.3, -0.25) is 18.9 Å². The van der Waals surface area contributed by atoms with Crippen molar-refractivity contribution in [2.75, 3.05) is 49.1 Å². The molecule has 0 radical (unpaired) electrons. The molecule has 3 fully saturated rings. The summed E-state index contributed by atoms with van der Waals surface area (Å²) >= 11 is 6.54. The molecule has 3 aliphatic heterocycles. The number of thiocarbonyl (C=S) groups is 1. The lowest BCUT2D eigenvalue weighted by Crippen LogP contribution is -2.47. The molecule has 12 heteroatoms. The number of carbonyl (C=O) groups excluding carboxylic acids is 1. The Morgan fingerprint density at radius 1 is 1.21 bits per heavy atom. The van der Waals surface area contributed by atoms with Crippen LogP contribution >= 0.6 is 24.0 Å². The van der Waals surface area contributed by atoms with Gasteiger partial charge in [-0.05, 0) is 31.2 Å². The third kappa shape index (κ3) is 4.28. The van der Waals surface area contributed by atoms with Crippen LogP contribution in [0.15, 0.2) is 34.1 Å². The largest absolute Gasteiger partial charge is 0.353 e. The molecule has 2 aromatic heterocycles. The van der Waals surface area contributed by atoms with Crippen molar-refractivity contribution in [3.8, 4) is 0 Å². The number of carbonyl (C=O) groups is 1. The molecule has 0 N–H and O–H groups in total. The number of pyridine rings is 1. The van der Waals surface area contributed by atoms with Gasteiger partial charge in [0.15, 0.2) is 9.84 Å². The van der Waals surface area contributed by atoms with E-state index in [9.17, 15) is 18.0 Å². The molecular weight excluding hydrogens is 494 g/mol. The summed E-state index contributed by atoms with van der Waals surface area (Å²) in [6.07, 6.45) is 3.61. The van der Waals surface area contributed by atoms with E-state index < -0.39 is 15.9 Å². The number of hydrogen-bond acceptors (Lipinski definition) is 9. The summed E-state index contributed by atoms with van der Waals surface area (Å²) in [6.45, 7) is 6.28. The van der Waals surface area contributed by atoms with Crippen molar-refractivity contribution < 1.29 is 13.2 Å². The third-order valence-electron chi connectivity index (χ3n) is 6.54. The average molecular weight is 520 g/mol. The number of rotatable bonds is 4. The van der Waals surface area contributed by atoms with Crippen LogP contribution in [0.25, 0.3) is 11.7 Å². The zero-order chi connectivity index (χ0) is 24.0. The summed E-state index contributed by atoms with van der Waals surface area (Å²) in [5.41, 5.74) is 0.627. The zero-order valence-electron chi connectivity index (χ0n) is 18.7. The van der Waals surface area contributed by atoms with E-state index in [2.05, 4.69) is 16.7 Å². The minimum Gasteiger partial charge on any atom is -0.353 e. The Hall–Kier alpha value is -2.28. The Labute approximate surface area is 207 Å². The molecule has 0 spiro atoms. The predicted octanol–water partition coefficient (Wildman–Crippen LogP) is 1.22. The van der Waals surface area contributed by atoms with Crippen molar-refractivity contribution in [3.05, 3.63) is 45.2 Å². The Kier molecular flexibility index (Phi) is 6.25. The van der Waals surface area contributed by atoms with Crippen LogP contribution in [0.4, 0.5) is 5.82 Å². The Morgan fingerprint density at radius 3 is 2.65 bits per heavy atom. The van der Waals surface area contributed by atoms with E-state index >= 15 is 0 Å². The lowest BCUT2D eigenvalue weighted by molar-refractivity contribution is -0.123. The van der Waals surface area contributed by atoms with Crippen LogP contribution in [-0.2, 0) is 14.6 Å². The van der Waals surface area contributed by atoms with Gasteiger partial charge in [-0.15, -0.1) is 0 Å². The highest BCUT2D eigenvalue weighted by Crippen LogP contribution is 2.37. The van der Waals surface area contributed by atoms with Crippen LogP contribution < -0.4 is 10.5 Å². The van der Waals surface area contributed by atoms with Crippen molar-refractivity contribution in [2.45, 2.75) is 19.4 Å². The van der Waals surface area contributed by atoms with Crippen molar-refractivity contribution in [2.24, 2.45) is 0 Å². The highest BCUT2D eigenvalue weighted by molar-refractivity contribution is 8.26. The fourth-order valence-electron chi connectivity index (χ4n) is 4.64. The van der Waals surface area contributed by atoms with Crippen LogP contribution in [0.5, 0.6) is 0 Å². The van der Waals surface area contributed by atoms with E-state index in [1.807, 2.05) is 6.07 Å². The highest BCUT2D eigenvalue weighted by Gasteiger charge is 2.42. The number of aromatic nitrogens is 2. The first-order valence-electron chi connectivity index (χ1n) is 11.2. The molecule has 9 nitrogen and oxygen atoms in total. The van der Waals surface area contributed by atoms with Crippen molar-refractivity contribution in [1.82, 2.24) is 19.2 Å². The second kappa shape index (κ2) is 9.06. The summed E-state index contributed by atoms with van der Waals surface area (Å²) < 4.78 is 25.7. The first kappa shape index (κ1) is 23.5. The monoisotopic (exact) mass is 519 g/mol. The van der Waals surface area contributed by atoms with Gasteiger partial charge in [0.2, 0.25) is 0 Å². The van der Waals surface area contributed by atoms with Crippen LogP contribution in [-0.4, -0.2) is 88.1 Å². The van der Waals surface area contributed by atoms with Gasteiger partial charge in [0.25, 0.3) is 11.5 Å². The zero-order valence-corrected chi connectivity index (χ0v) is 21.2. The number of nitrogens with zero attached hydrogens (tertiary/aromatic N) is 5. The quantitative estimate of drug-likeness (QED) is 0.437. The maximum atomic E-state index is 13.5. The number of sulfone groups is 1. The van der Waals surface area contributed by atoms with Gasteiger partial charge >= 0.3 is 0 Å². The lowest BCUT2D eigenvalue weighted by Gasteiger charge is -2.35. The molecule has 0 aromatic carbocycles. The number of thioether (sulfide) groups is 1. The van der Waals surface area contributed by atoms with Crippen LogP contribution in [0.3, 0.4) is 0 Å². The van der Waals surface area contributed by atoms with Gasteiger partial charge < -0.3 is 9.80 Å². The molecule has 1 unspecified atom stereocenters. The third-order valence-corrected chi connectivity index (χ3v) is 9.62. The number of fused-ring (bicyclic) bond motifs is 1. The topological polar surface area (TPSA) is 95.3 Å². The summed E-state index contributed by atoms with van der Waals surface area (Å²) in [4.78, 5) is 37.7. The van der Waals surface area contributed by atoms with Gasteiger partial charge in [-0.25, -0.2) is 13.4 Å². The van der Waals surface area contributed by atoms with E-state index in [-0.39, 0.29) is 23.0 Å². The van der Waals surface area contributed by atoms with Crippen LogP contribution in [0.2, 0.25) is 0 Å². The van der Waals surface area contributed by atoms with Crippen LogP contribution in [0, 0.1) is 0 Å². The fourth-order valence-corrected chi connectivity index (χ4v) is 7.72. The van der Waals surface area contributed by atoms with Gasteiger partial charge in [0.1, 0.15) is 15.8 Å². The second-order valence-electron chi connectivity index (χ2n) is 8.61. The van der Waals surface area contributed by atoms with Gasteiger partial charge in [-0.1, -0.05) is 37.0 Å². The summed E-state index contributed by atoms with van der Waals surface area (Å²) in [5.74, 6) is 0.175. The normalized spacial score (nSPS) is 24.6. The minimum absolute atomic E-state index is 0.0532. The summed E-state index contributed by atoms with van der Waals surface area (Å²) in [6, 6.07) is 4.93. The highest BCUT2D eigenvalue weighted by atomic mass is 32.2. The molecular formula is C22H25N5O4S3. The van der Waals surface area contributed by atoms with Gasteiger partial charge in [0.05, 0.1) is 28.0 Å². The Morgan fingerprint density at radius 2 is 1.97 bits per heavy atom. The predicted molar refractivity (Wildman–Crippen MR) is 138 cm³/mol. The maximum absolute atomic E-state index is 13.5. The second-order valence-corrected chi connectivity index (χ2v) is 12.5.